The van der Waals surface area contributed by atoms with E-state index in [1.807, 2.05) is 0 Å². The van der Waals surface area contributed by atoms with E-state index >= 15 is 0 Å². The molecule has 0 amide bonds. The zero-order chi connectivity index (χ0) is 12.1. The first kappa shape index (κ1) is 15.4. The highest BCUT2D eigenvalue weighted by Gasteiger charge is 2.01. The second-order valence-corrected chi connectivity index (χ2v) is 4.25. The lowest BCUT2D eigenvalue weighted by molar-refractivity contribution is 0.169. The fraction of sp³-hybridized carbons (Fsp3) is 0.786. The van der Waals surface area contributed by atoms with E-state index in [-0.39, 0.29) is 6.42 Å². The molecule has 1 unspecified atom stereocenters. The Labute approximate surface area is 99.7 Å². The van der Waals surface area contributed by atoms with Crippen molar-refractivity contribution in [1.82, 2.24) is 0 Å². The highest BCUT2D eigenvalue weighted by molar-refractivity contribution is 5.51. The second kappa shape index (κ2) is 12.4. The molecule has 0 heterocycles. The third-order valence-electron chi connectivity index (χ3n) is 2.62. The van der Waals surface area contributed by atoms with Gasteiger partial charge in [-0.2, -0.15) is 0 Å². The van der Waals surface area contributed by atoms with Gasteiger partial charge < -0.3 is 5.11 Å². The Morgan fingerprint density at radius 2 is 1.81 bits per heavy atom. The molecule has 0 aliphatic heterocycles. The summed E-state index contributed by atoms with van der Waals surface area (Å²) >= 11 is 0. The minimum absolute atomic E-state index is 0.154. The molecule has 2 heteroatoms. The van der Waals surface area contributed by atoms with Gasteiger partial charge >= 0.3 is 0 Å². The second-order valence-electron chi connectivity index (χ2n) is 4.25. The Bertz CT molecular complexity index is 176. The standard InChI is InChI=1S/C14H25O2/c1-2-3-4-5-6-7-8-9-10-11-14(16)12-13-15/h7-8,14,16H,2-6,9-12H2,1H3. The number of aliphatic hydroxyl groups is 1. The smallest absolute Gasteiger partial charge is 0.201 e. The van der Waals surface area contributed by atoms with Gasteiger partial charge in [0, 0.05) is 6.42 Å². The molecule has 1 atom stereocenters. The molecule has 93 valence electrons. The van der Waals surface area contributed by atoms with E-state index in [9.17, 15) is 9.90 Å². The maximum Gasteiger partial charge on any atom is 0.201 e. The Morgan fingerprint density at radius 3 is 2.44 bits per heavy atom. The summed E-state index contributed by atoms with van der Waals surface area (Å²) in [6.07, 6.45) is 14.9. The molecule has 0 aromatic rings. The maximum absolute atomic E-state index is 9.98. The SMILES string of the molecule is CCCCCCC=CCCCC(O)C[C]=O. The van der Waals surface area contributed by atoms with Crippen LogP contribution in [0.5, 0.6) is 0 Å². The van der Waals surface area contributed by atoms with Gasteiger partial charge in [-0.05, 0) is 32.1 Å². The topological polar surface area (TPSA) is 37.3 Å². The van der Waals surface area contributed by atoms with Crippen LogP contribution in [0.15, 0.2) is 12.2 Å². The van der Waals surface area contributed by atoms with Crippen LogP contribution in [0.1, 0.15) is 64.7 Å². The molecule has 0 spiro atoms. The first-order valence-electron chi connectivity index (χ1n) is 6.49. The van der Waals surface area contributed by atoms with Crippen molar-refractivity contribution in [3.8, 4) is 0 Å². The summed E-state index contributed by atoms with van der Waals surface area (Å²) in [5.74, 6) is 0. The van der Waals surface area contributed by atoms with E-state index in [1.165, 1.54) is 32.1 Å². The Morgan fingerprint density at radius 1 is 1.12 bits per heavy atom. The number of allylic oxidation sites excluding steroid dienone is 2. The van der Waals surface area contributed by atoms with Gasteiger partial charge in [-0.3, -0.25) is 4.79 Å². The number of rotatable bonds is 11. The minimum Gasteiger partial charge on any atom is -0.393 e. The molecule has 0 aliphatic carbocycles. The van der Waals surface area contributed by atoms with Crippen molar-refractivity contribution in [1.29, 1.82) is 0 Å². The van der Waals surface area contributed by atoms with Crippen molar-refractivity contribution >= 4 is 6.29 Å². The van der Waals surface area contributed by atoms with E-state index in [1.54, 1.807) is 6.29 Å². The number of unbranched alkanes of at least 4 members (excludes halogenated alkanes) is 5. The van der Waals surface area contributed by atoms with Crippen molar-refractivity contribution in [2.24, 2.45) is 0 Å². The maximum atomic E-state index is 9.98. The highest BCUT2D eigenvalue weighted by atomic mass is 16.3. The van der Waals surface area contributed by atoms with Gasteiger partial charge in [0.15, 0.2) is 0 Å². The molecule has 2 nitrogen and oxygen atoms in total. The van der Waals surface area contributed by atoms with Crippen LogP contribution in [-0.2, 0) is 4.79 Å². The summed E-state index contributed by atoms with van der Waals surface area (Å²) in [7, 11) is 0. The molecule has 16 heavy (non-hydrogen) atoms. The zero-order valence-electron chi connectivity index (χ0n) is 10.5. The first-order chi connectivity index (χ1) is 7.81. The first-order valence-corrected chi connectivity index (χ1v) is 6.49. The van der Waals surface area contributed by atoms with Crippen molar-refractivity contribution in [3.05, 3.63) is 12.2 Å². The van der Waals surface area contributed by atoms with Crippen molar-refractivity contribution in [2.75, 3.05) is 0 Å². The molecule has 1 N–H and O–H groups in total. The minimum atomic E-state index is -0.490. The molecule has 0 fully saturated rings. The zero-order valence-corrected chi connectivity index (χ0v) is 10.5. The molecule has 0 bridgehead atoms. The molecule has 1 radical (unpaired) electrons. The number of hydrogen-bond donors (Lipinski definition) is 1. The molecule has 0 aromatic heterocycles. The summed E-state index contributed by atoms with van der Waals surface area (Å²) in [6.45, 7) is 2.22. The summed E-state index contributed by atoms with van der Waals surface area (Å²) in [6, 6.07) is 0. The lowest BCUT2D eigenvalue weighted by atomic mass is 10.1. The highest BCUT2D eigenvalue weighted by Crippen LogP contribution is 2.06. The van der Waals surface area contributed by atoms with Gasteiger partial charge in [-0.1, -0.05) is 38.3 Å². The fourth-order valence-electron chi connectivity index (χ4n) is 1.59. The van der Waals surface area contributed by atoms with E-state index in [0.29, 0.717) is 6.42 Å². The Balaban J connectivity index is 3.18. The van der Waals surface area contributed by atoms with Crippen LogP contribution in [0.2, 0.25) is 0 Å². The largest absolute Gasteiger partial charge is 0.393 e. The van der Waals surface area contributed by atoms with Crippen molar-refractivity contribution < 1.29 is 9.90 Å². The van der Waals surface area contributed by atoms with Crippen LogP contribution in [-0.4, -0.2) is 17.5 Å². The molecule has 0 aromatic carbocycles. The average molecular weight is 225 g/mol. The molecule has 0 aliphatic rings. The van der Waals surface area contributed by atoms with Crippen LogP contribution in [0.4, 0.5) is 0 Å². The van der Waals surface area contributed by atoms with Gasteiger partial charge in [0.2, 0.25) is 6.29 Å². The number of hydrogen-bond acceptors (Lipinski definition) is 2. The van der Waals surface area contributed by atoms with E-state index in [0.717, 1.165) is 12.8 Å². The lowest BCUT2D eigenvalue weighted by Gasteiger charge is -2.03. The van der Waals surface area contributed by atoms with Gasteiger partial charge in [-0.15, -0.1) is 0 Å². The van der Waals surface area contributed by atoms with Crippen LogP contribution in [0.25, 0.3) is 0 Å². The molecule has 0 saturated carbocycles. The number of aliphatic hydroxyl groups excluding tert-OH is 1. The predicted octanol–water partition coefficient (Wildman–Crippen LogP) is 3.54. The van der Waals surface area contributed by atoms with Gasteiger partial charge in [0.1, 0.15) is 0 Å². The summed E-state index contributed by atoms with van der Waals surface area (Å²) in [5, 5.41) is 9.26. The average Bonchev–Trinajstić information content (AvgIpc) is 2.27. The normalized spacial score (nSPS) is 13.1. The van der Waals surface area contributed by atoms with Crippen molar-refractivity contribution in [3.63, 3.8) is 0 Å². The molecule has 0 rings (SSSR count). The van der Waals surface area contributed by atoms with E-state index in [4.69, 9.17) is 0 Å². The van der Waals surface area contributed by atoms with Gasteiger partial charge in [-0.25, -0.2) is 0 Å². The monoisotopic (exact) mass is 225 g/mol. The van der Waals surface area contributed by atoms with E-state index in [2.05, 4.69) is 19.1 Å². The van der Waals surface area contributed by atoms with Crippen LogP contribution >= 0.6 is 0 Å². The molecular weight excluding hydrogens is 200 g/mol. The van der Waals surface area contributed by atoms with Crippen LogP contribution < -0.4 is 0 Å². The summed E-state index contributed by atoms with van der Waals surface area (Å²) < 4.78 is 0. The lowest BCUT2D eigenvalue weighted by Crippen LogP contribution is -2.05. The van der Waals surface area contributed by atoms with Crippen molar-refractivity contribution in [2.45, 2.75) is 70.8 Å². The molecular formula is C14H25O2. The Kier molecular flexibility index (Phi) is 11.9. The number of carbonyl (C=O) groups excluding carboxylic acids is 1. The fourth-order valence-corrected chi connectivity index (χ4v) is 1.59. The third kappa shape index (κ3) is 11.4. The van der Waals surface area contributed by atoms with E-state index < -0.39 is 6.10 Å². The third-order valence-corrected chi connectivity index (χ3v) is 2.62. The summed E-state index contributed by atoms with van der Waals surface area (Å²) in [4.78, 5) is 9.98. The summed E-state index contributed by atoms with van der Waals surface area (Å²) in [5.41, 5.74) is 0. The van der Waals surface area contributed by atoms with Crippen LogP contribution in [0.3, 0.4) is 0 Å². The van der Waals surface area contributed by atoms with Gasteiger partial charge in [0.05, 0.1) is 6.10 Å². The molecule has 0 saturated heterocycles. The Hall–Kier alpha value is -0.630. The van der Waals surface area contributed by atoms with Crippen LogP contribution in [0, 0.1) is 0 Å². The predicted molar refractivity (Wildman–Crippen MR) is 68.1 cm³/mol. The quantitative estimate of drug-likeness (QED) is 0.431. The van der Waals surface area contributed by atoms with Gasteiger partial charge in [0.25, 0.3) is 0 Å².